The second-order valence-electron chi connectivity index (χ2n) is 27.0. The molecule has 17 nitrogen and oxygen atoms in total. The molecule has 0 aromatic heterocycles. The molecule has 0 aromatic carbocycles. The number of aliphatic hydroxyl groups excluding tert-OH is 1. The van der Waals surface area contributed by atoms with Gasteiger partial charge in [0, 0.05) is 25.7 Å². The monoisotopic (exact) mass is 1480 g/mol. The summed E-state index contributed by atoms with van der Waals surface area (Å²) in [5.74, 6) is -2.26. The lowest BCUT2D eigenvalue weighted by atomic mass is 10.0. The molecule has 0 bridgehead atoms. The Labute approximate surface area is 620 Å². The Bertz CT molecular complexity index is 2310. The van der Waals surface area contributed by atoms with Crippen LogP contribution in [0.1, 0.15) is 349 Å². The molecule has 0 spiro atoms. The van der Waals surface area contributed by atoms with Crippen LogP contribution in [0.15, 0.2) is 97.2 Å². The fourth-order valence-corrected chi connectivity index (χ4v) is 12.5. The molecule has 0 saturated carbocycles. The molecule has 0 aromatic rings. The van der Waals surface area contributed by atoms with E-state index in [1.807, 2.05) is 12.2 Å². The van der Waals surface area contributed by atoms with Gasteiger partial charge in [-0.1, -0.05) is 330 Å². The number of carbonyl (C=O) groups excluding carboxylic acids is 4. The molecule has 0 aliphatic carbocycles. The van der Waals surface area contributed by atoms with Crippen molar-refractivity contribution >= 4 is 39.5 Å². The van der Waals surface area contributed by atoms with Crippen LogP contribution >= 0.6 is 15.6 Å². The van der Waals surface area contributed by atoms with Gasteiger partial charge in [-0.25, -0.2) is 9.13 Å². The number of esters is 4. The Hall–Kier alpha value is -4.02. The Balaban J connectivity index is 5.39. The maximum absolute atomic E-state index is 13.1. The maximum Gasteiger partial charge on any atom is 0.472 e. The SMILES string of the molecule is CC/C=C\C/C=C\C/C=C\C/C=C\C/C=C\C/C=C\CCC(=O)OCC(COP(=O)(O)OCC(O)COP(=O)(O)OCC(COC(=O)CCCCCCCCCCCCCCCCC)OC(=O)CCCCCCC/C=C\C/C=C\CCC)OC(=O)CCCCCCCCCCCCCCCCC. The Morgan fingerprint density at radius 2 is 0.549 bits per heavy atom. The van der Waals surface area contributed by atoms with Crippen molar-refractivity contribution < 1.29 is 80.2 Å². The van der Waals surface area contributed by atoms with Crippen molar-refractivity contribution in [1.82, 2.24) is 0 Å². The summed E-state index contributed by atoms with van der Waals surface area (Å²) in [5, 5.41) is 10.6. The second kappa shape index (κ2) is 75.2. The Morgan fingerprint density at radius 1 is 0.284 bits per heavy atom. The van der Waals surface area contributed by atoms with E-state index in [1.165, 1.54) is 135 Å². The Kier molecular flexibility index (Phi) is 72.3. The fraction of sp³-hybridized carbons (Fsp3) is 0.759. The summed E-state index contributed by atoms with van der Waals surface area (Å²) in [6.07, 6.45) is 79.7. The molecule has 0 aliphatic heterocycles. The molecule has 0 amide bonds. The van der Waals surface area contributed by atoms with Gasteiger partial charge in [0.2, 0.25) is 0 Å². The van der Waals surface area contributed by atoms with Crippen molar-refractivity contribution in [1.29, 1.82) is 0 Å². The molecule has 19 heteroatoms. The molecule has 0 radical (unpaired) electrons. The lowest BCUT2D eigenvalue weighted by Gasteiger charge is -2.21. The van der Waals surface area contributed by atoms with Crippen molar-refractivity contribution in [2.45, 2.75) is 367 Å². The molecular weight excluding hydrogens is 1330 g/mol. The third-order valence-corrected chi connectivity index (χ3v) is 19.0. The fourth-order valence-electron chi connectivity index (χ4n) is 10.9. The first-order valence-corrected chi connectivity index (χ1v) is 43.5. The first kappa shape index (κ1) is 98.0. The number of hydrogen-bond acceptors (Lipinski definition) is 15. The predicted molar refractivity (Wildman–Crippen MR) is 418 cm³/mol. The lowest BCUT2D eigenvalue weighted by molar-refractivity contribution is -0.161. The van der Waals surface area contributed by atoms with E-state index in [2.05, 4.69) is 113 Å². The predicted octanol–water partition coefficient (Wildman–Crippen LogP) is 23.6. The van der Waals surface area contributed by atoms with Crippen LogP contribution in [-0.2, 0) is 65.4 Å². The summed E-state index contributed by atoms with van der Waals surface area (Å²) in [7, 11) is -9.97. The second-order valence-corrected chi connectivity index (χ2v) is 29.9. The van der Waals surface area contributed by atoms with Crippen LogP contribution in [0.4, 0.5) is 0 Å². The van der Waals surface area contributed by atoms with E-state index < -0.39 is 97.5 Å². The molecular formula is C83H146O17P2. The first-order valence-electron chi connectivity index (χ1n) is 40.5. The van der Waals surface area contributed by atoms with Crippen LogP contribution in [0.3, 0.4) is 0 Å². The highest BCUT2D eigenvalue weighted by molar-refractivity contribution is 7.47. The quantitative estimate of drug-likeness (QED) is 0.0169. The summed E-state index contributed by atoms with van der Waals surface area (Å²) >= 11 is 0. The molecule has 5 unspecified atom stereocenters. The van der Waals surface area contributed by atoms with Gasteiger partial charge in [-0.05, 0) is 89.9 Å². The summed E-state index contributed by atoms with van der Waals surface area (Å²) in [5.41, 5.74) is 0. The van der Waals surface area contributed by atoms with E-state index in [9.17, 15) is 43.2 Å². The van der Waals surface area contributed by atoms with E-state index in [0.717, 1.165) is 128 Å². The first-order chi connectivity index (χ1) is 49.7. The van der Waals surface area contributed by atoms with Crippen molar-refractivity contribution in [3.63, 3.8) is 0 Å². The number of hydrogen-bond donors (Lipinski definition) is 3. The third-order valence-electron chi connectivity index (χ3n) is 17.1. The minimum absolute atomic E-state index is 0.0381. The van der Waals surface area contributed by atoms with Gasteiger partial charge >= 0.3 is 39.5 Å². The van der Waals surface area contributed by atoms with E-state index >= 15 is 0 Å². The largest absolute Gasteiger partial charge is 0.472 e. The topological polar surface area (TPSA) is 237 Å². The van der Waals surface area contributed by atoms with E-state index in [1.54, 1.807) is 0 Å². The zero-order chi connectivity index (χ0) is 74.6. The zero-order valence-electron chi connectivity index (χ0n) is 64.5. The van der Waals surface area contributed by atoms with Gasteiger partial charge in [-0.2, -0.15) is 0 Å². The van der Waals surface area contributed by atoms with Gasteiger partial charge in [-0.3, -0.25) is 37.3 Å². The van der Waals surface area contributed by atoms with Crippen LogP contribution in [0.5, 0.6) is 0 Å². The highest BCUT2D eigenvalue weighted by Crippen LogP contribution is 2.45. The van der Waals surface area contributed by atoms with Crippen molar-refractivity contribution in [2.24, 2.45) is 0 Å². The normalized spacial score (nSPS) is 14.4. The number of carbonyl (C=O) groups is 4. The van der Waals surface area contributed by atoms with Gasteiger partial charge < -0.3 is 33.8 Å². The van der Waals surface area contributed by atoms with Gasteiger partial charge in [-0.15, -0.1) is 0 Å². The van der Waals surface area contributed by atoms with Gasteiger partial charge in [0.1, 0.15) is 19.3 Å². The molecule has 0 saturated heterocycles. The molecule has 590 valence electrons. The van der Waals surface area contributed by atoms with Gasteiger partial charge in [0.05, 0.1) is 26.4 Å². The van der Waals surface area contributed by atoms with Crippen LogP contribution in [-0.4, -0.2) is 96.7 Å². The standard InChI is InChI=1S/C83H146O17P2/c1-5-9-13-17-21-25-29-33-36-37-38-39-42-45-48-52-56-60-64-68-81(86)94-74-79(100-83(88)70-66-62-58-54-50-46-41-35-31-27-23-19-15-11-7-3)76-98-102(91,92)96-72-77(84)71-95-101(89,90)97-75-78(99-82(87)69-65-61-57-53-49-43-32-28-24-20-16-12-8-4)73-93-80(85)67-63-59-55-51-47-44-40-34-30-26-22-18-14-10-6-2/h9,13,16,20-21,25,28,32-33,36,38-39,45,48,56,60,77-79,84H,5-8,10-12,14-15,17-19,22-24,26-27,29-31,34-35,37,40-44,46-47,49-55,57-59,61-76H2,1-4H3,(H,89,90)(H,91,92)/b13-9-,20-16-,25-21-,32-28-,36-33-,39-38-,48-45-,60-56-. The van der Waals surface area contributed by atoms with Gasteiger partial charge in [0.15, 0.2) is 12.2 Å². The minimum atomic E-state index is -4.99. The number of aliphatic hydroxyl groups is 1. The molecule has 3 N–H and O–H groups in total. The smallest absolute Gasteiger partial charge is 0.462 e. The number of phosphoric acid groups is 2. The third kappa shape index (κ3) is 74.3. The van der Waals surface area contributed by atoms with Crippen molar-refractivity contribution in [3.8, 4) is 0 Å². The van der Waals surface area contributed by atoms with Crippen molar-refractivity contribution in [3.05, 3.63) is 97.2 Å². The average Bonchev–Trinajstić information content (AvgIpc) is 0.924. The van der Waals surface area contributed by atoms with E-state index in [-0.39, 0.29) is 25.7 Å². The van der Waals surface area contributed by atoms with Crippen LogP contribution < -0.4 is 0 Å². The number of phosphoric ester groups is 2. The molecule has 0 fully saturated rings. The van der Waals surface area contributed by atoms with E-state index in [4.69, 9.17) is 37.0 Å². The van der Waals surface area contributed by atoms with Crippen LogP contribution in [0.2, 0.25) is 0 Å². The molecule has 0 heterocycles. The maximum atomic E-state index is 13.1. The highest BCUT2D eigenvalue weighted by Gasteiger charge is 2.30. The number of rotatable bonds is 76. The molecule has 0 rings (SSSR count). The summed E-state index contributed by atoms with van der Waals surface area (Å²) in [6.45, 7) is 4.66. The highest BCUT2D eigenvalue weighted by atomic mass is 31.2. The molecule has 0 aliphatic rings. The van der Waals surface area contributed by atoms with Crippen LogP contribution in [0.25, 0.3) is 0 Å². The van der Waals surface area contributed by atoms with Gasteiger partial charge in [0.25, 0.3) is 0 Å². The Morgan fingerprint density at radius 3 is 0.882 bits per heavy atom. The minimum Gasteiger partial charge on any atom is -0.462 e. The lowest BCUT2D eigenvalue weighted by Crippen LogP contribution is -2.30. The summed E-state index contributed by atoms with van der Waals surface area (Å²) < 4.78 is 68.5. The molecule has 102 heavy (non-hydrogen) atoms. The number of unbranched alkanes of at least 4 members (excludes halogenated alkanes) is 34. The van der Waals surface area contributed by atoms with Crippen molar-refractivity contribution in [2.75, 3.05) is 39.6 Å². The number of allylic oxidation sites excluding steroid dienone is 16. The zero-order valence-corrected chi connectivity index (χ0v) is 66.3. The van der Waals surface area contributed by atoms with E-state index in [0.29, 0.717) is 32.1 Å². The molecule has 5 atom stereocenters. The summed E-state index contributed by atoms with van der Waals surface area (Å²) in [6, 6.07) is 0. The van der Waals surface area contributed by atoms with Crippen LogP contribution in [0, 0.1) is 0 Å². The summed E-state index contributed by atoms with van der Waals surface area (Å²) in [4.78, 5) is 73.0. The number of ether oxygens (including phenoxy) is 4. The average molecular weight is 1480 g/mol.